The van der Waals surface area contributed by atoms with E-state index in [4.69, 9.17) is 4.42 Å². The maximum Gasteiger partial charge on any atom is 0.573 e. The topological polar surface area (TPSA) is 53.1 Å². The van der Waals surface area contributed by atoms with Crippen LogP contribution in [0.4, 0.5) is 26.3 Å². The van der Waals surface area contributed by atoms with Gasteiger partial charge in [-0.25, -0.2) is 9.67 Å². The predicted octanol–water partition coefficient (Wildman–Crippen LogP) is 7.18. The number of nitrogens with zero attached hydrogens (tertiary/aromatic N) is 3. The first-order chi connectivity index (χ1) is 15.4. The zero-order chi connectivity index (χ0) is 24.0. The minimum absolute atomic E-state index is 0.206. The Labute approximate surface area is 190 Å². The SMILES string of the molecule is Cc1nc(-c2ccc(OC(F)(F)F)cc2)c(-c2cc(Br)ccc2-n2ccc(C(F)(F)F)n2)o1. The van der Waals surface area contributed by atoms with Gasteiger partial charge in [0.2, 0.25) is 0 Å². The van der Waals surface area contributed by atoms with Crippen molar-refractivity contribution in [2.75, 3.05) is 0 Å². The van der Waals surface area contributed by atoms with Crippen molar-refractivity contribution in [1.82, 2.24) is 14.8 Å². The Balaban J connectivity index is 1.80. The molecule has 0 bridgehead atoms. The Morgan fingerprint density at radius 3 is 2.27 bits per heavy atom. The lowest BCUT2D eigenvalue weighted by atomic mass is 10.0. The highest BCUT2D eigenvalue weighted by Gasteiger charge is 2.34. The van der Waals surface area contributed by atoms with E-state index in [1.165, 1.54) is 18.3 Å². The van der Waals surface area contributed by atoms with Crippen LogP contribution in [0.2, 0.25) is 0 Å². The molecule has 0 unspecified atom stereocenters. The van der Waals surface area contributed by atoms with E-state index >= 15 is 0 Å². The van der Waals surface area contributed by atoms with E-state index in [-0.39, 0.29) is 23.0 Å². The maximum absolute atomic E-state index is 13.0. The fourth-order valence-corrected chi connectivity index (χ4v) is 3.48. The highest BCUT2D eigenvalue weighted by atomic mass is 79.9. The molecule has 0 N–H and O–H groups in total. The van der Waals surface area contributed by atoms with Crippen molar-refractivity contribution in [2.24, 2.45) is 0 Å². The molecule has 12 heteroatoms. The first-order valence-corrected chi connectivity index (χ1v) is 9.97. The molecule has 2 aromatic carbocycles. The Bertz CT molecular complexity index is 1290. The number of rotatable bonds is 4. The average molecular weight is 532 g/mol. The summed E-state index contributed by atoms with van der Waals surface area (Å²) in [6.07, 6.45) is -8.28. The quantitative estimate of drug-likeness (QED) is 0.262. The molecular weight excluding hydrogens is 520 g/mol. The fraction of sp³-hybridized carbons (Fsp3) is 0.143. The highest BCUT2D eigenvalue weighted by molar-refractivity contribution is 9.10. The van der Waals surface area contributed by atoms with Gasteiger partial charge in [0, 0.05) is 28.7 Å². The fourth-order valence-electron chi connectivity index (χ4n) is 3.12. The number of oxazole rings is 1. The Kier molecular flexibility index (Phi) is 5.72. The van der Waals surface area contributed by atoms with E-state index in [2.05, 4.69) is 30.7 Å². The number of aromatic nitrogens is 3. The monoisotopic (exact) mass is 531 g/mol. The minimum Gasteiger partial charge on any atom is -0.440 e. The standard InChI is InChI=1S/C21H12BrF6N3O2/c1-11-29-18(12-2-5-14(6-3-12)33-21(26,27)28)19(32-11)15-10-13(22)4-7-16(15)31-9-8-17(30-31)20(23,24)25/h2-10H,1H3. The van der Waals surface area contributed by atoms with Crippen LogP contribution in [0, 0.1) is 6.92 Å². The summed E-state index contributed by atoms with van der Waals surface area (Å²) in [5, 5.41) is 3.61. The van der Waals surface area contributed by atoms with Crippen LogP contribution >= 0.6 is 15.9 Å². The predicted molar refractivity (Wildman–Crippen MR) is 109 cm³/mol. The van der Waals surface area contributed by atoms with Gasteiger partial charge in [0.05, 0.1) is 5.69 Å². The molecule has 0 radical (unpaired) electrons. The van der Waals surface area contributed by atoms with Gasteiger partial charge in [-0.3, -0.25) is 0 Å². The number of alkyl halides is 6. The number of aryl methyl sites for hydroxylation is 1. The van der Waals surface area contributed by atoms with Crippen LogP contribution in [0.15, 0.2) is 63.6 Å². The van der Waals surface area contributed by atoms with Crippen LogP contribution in [0.3, 0.4) is 0 Å². The minimum atomic E-state index is -4.83. The van der Waals surface area contributed by atoms with Gasteiger partial charge in [-0.2, -0.15) is 18.3 Å². The Morgan fingerprint density at radius 1 is 0.970 bits per heavy atom. The van der Waals surface area contributed by atoms with Crippen molar-refractivity contribution in [3.8, 4) is 34.0 Å². The molecule has 33 heavy (non-hydrogen) atoms. The molecule has 0 saturated heterocycles. The molecule has 0 aliphatic rings. The summed E-state index contributed by atoms with van der Waals surface area (Å²) in [7, 11) is 0. The van der Waals surface area contributed by atoms with Gasteiger partial charge in [0.15, 0.2) is 17.3 Å². The third-order valence-electron chi connectivity index (χ3n) is 4.42. The third kappa shape index (κ3) is 5.05. The van der Waals surface area contributed by atoms with Gasteiger partial charge in [0.25, 0.3) is 0 Å². The Hall–Kier alpha value is -3.28. The molecule has 0 amide bonds. The van der Waals surface area contributed by atoms with Crippen molar-refractivity contribution in [3.05, 3.63) is 70.8 Å². The lowest BCUT2D eigenvalue weighted by Gasteiger charge is -2.11. The molecule has 172 valence electrons. The van der Waals surface area contributed by atoms with Gasteiger partial charge in [-0.1, -0.05) is 15.9 Å². The number of benzene rings is 2. The van der Waals surface area contributed by atoms with E-state index in [9.17, 15) is 26.3 Å². The smallest absolute Gasteiger partial charge is 0.440 e. The Morgan fingerprint density at radius 2 is 1.67 bits per heavy atom. The van der Waals surface area contributed by atoms with Crippen LogP contribution in [-0.4, -0.2) is 21.1 Å². The van der Waals surface area contributed by atoms with Crippen molar-refractivity contribution in [1.29, 1.82) is 0 Å². The summed E-state index contributed by atoms with van der Waals surface area (Å²) in [6, 6.07) is 10.6. The van der Waals surface area contributed by atoms with Crippen LogP contribution in [0.25, 0.3) is 28.3 Å². The summed E-state index contributed by atoms with van der Waals surface area (Å²) in [6.45, 7) is 1.57. The number of hydrogen-bond acceptors (Lipinski definition) is 4. The summed E-state index contributed by atoms with van der Waals surface area (Å²) in [4.78, 5) is 4.32. The van der Waals surface area contributed by atoms with Gasteiger partial charge >= 0.3 is 12.5 Å². The zero-order valence-electron chi connectivity index (χ0n) is 16.5. The normalized spacial score (nSPS) is 12.2. The first-order valence-electron chi connectivity index (χ1n) is 9.17. The number of hydrogen-bond donors (Lipinski definition) is 0. The summed E-state index contributed by atoms with van der Waals surface area (Å²) >= 11 is 3.33. The lowest BCUT2D eigenvalue weighted by molar-refractivity contribution is -0.274. The van der Waals surface area contributed by atoms with Crippen LogP contribution in [0.5, 0.6) is 5.75 Å². The molecule has 0 fully saturated rings. The van der Waals surface area contributed by atoms with E-state index in [1.54, 1.807) is 25.1 Å². The van der Waals surface area contributed by atoms with E-state index < -0.39 is 24.0 Å². The van der Waals surface area contributed by atoms with Crippen LogP contribution < -0.4 is 4.74 Å². The molecule has 0 spiro atoms. The second-order valence-electron chi connectivity index (χ2n) is 6.79. The molecule has 2 aromatic heterocycles. The summed E-state index contributed by atoms with van der Waals surface area (Å²) in [5.41, 5.74) is 0.286. The summed E-state index contributed by atoms with van der Waals surface area (Å²) in [5.74, 6) is 0.0442. The molecule has 4 rings (SSSR count). The van der Waals surface area contributed by atoms with Gasteiger partial charge in [-0.15, -0.1) is 13.2 Å². The average Bonchev–Trinajstić information content (AvgIpc) is 3.34. The molecule has 0 aliphatic heterocycles. The lowest BCUT2D eigenvalue weighted by Crippen LogP contribution is -2.16. The molecular formula is C21H12BrF6N3O2. The van der Waals surface area contributed by atoms with Gasteiger partial charge in [-0.05, 0) is 48.5 Å². The first kappa shape index (κ1) is 22.9. The number of ether oxygens (including phenoxy) is 1. The van der Waals surface area contributed by atoms with Gasteiger partial charge in [0.1, 0.15) is 11.4 Å². The maximum atomic E-state index is 13.0. The second kappa shape index (κ2) is 8.25. The molecule has 4 aromatic rings. The zero-order valence-corrected chi connectivity index (χ0v) is 18.1. The van der Waals surface area contributed by atoms with Gasteiger partial charge < -0.3 is 9.15 Å². The van der Waals surface area contributed by atoms with Crippen molar-refractivity contribution in [2.45, 2.75) is 19.5 Å². The highest BCUT2D eigenvalue weighted by Crippen LogP contribution is 2.38. The molecule has 0 atom stereocenters. The molecule has 0 aliphatic carbocycles. The largest absolute Gasteiger partial charge is 0.573 e. The van der Waals surface area contributed by atoms with E-state index in [1.807, 2.05) is 0 Å². The van der Waals surface area contributed by atoms with Crippen LogP contribution in [0.1, 0.15) is 11.6 Å². The molecule has 5 nitrogen and oxygen atoms in total. The second-order valence-corrected chi connectivity index (χ2v) is 7.70. The summed E-state index contributed by atoms with van der Waals surface area (Å²) < 4.78 is 87.7. The molecule has 0 saturated carbocycles. The van der Waals surface area contributed by atoms with E-state index in [0.717, 1.165) is 22.9 Å². The van der Waals surface area contributed by atoms with E-state index in [0.29, 0.717) is 15.6 Å². The van der Waals surface area contributed by atoms with Crippen LogP contribution in [-0.2, 0) is 6.18 Å². The number of halogens is 7. The van der Waals surface area contributed by atoms with Crippen molar-refractivity contribution >= 4 is 15.9 Å². The van der Waals surface area contributed by atoms with Crippen molar-refractivity contribution < 1.29 is 35.5 Å². The third-order valence-corrected chi connectivity index (χ3v) is 4.92. The van der Waals surface area contributed by atoms with Crippen molar-refractivity contribution in [3.63, 3.8) is 0 Å². The molecule has 2 heterocycles.